The highest BCUT2D eigenvalue weighted by Gasteiger charge is 2.37. The van der Waals surface area contributed by atoms with Gasteiger partial charge in [-0.2, -0.15) is 5.10 Å². The summed E-state index contributed by atoms with van der Waals surface area (Å²) in [5, 5.41) is 19.1. The second-order valence-corrected chi connectivity index (χ2v) is 5.03. The van der Waals surface area contributed by atoms with Gasteiger partial charge in [-0.25, -0.2) is 9.78 Å². The van der Waals surface area contributed by atoms with E-state index < -0.39 is 11.9 Å². The van der Waals surface area contributed by atoms with E-state index in [1.54, 1.807) is 20.8 Å². The van der Waals surface area contributed by atoms with E-state index in [-0.39, 0.29) is 17.9 Å². The van der Waals surface area contributed by atoms with Crippen LogP contribution in [-0.4, -0.2) is 50.3 Å². The van der Waals surface area contributed by atoms with Crippen molar-refractivity contribution in [3.05, 3.63) is 11.4 Å². The largest absolute Gasteiger partial charge is 0.481 e. The number of likely N-dealkylation sites (tertiary alicyclic amines) is 1. The number of carbonyl (C=O) groups is 2. The minimum Gasteiger partial charge on any atom is -0.481 e. The number of rotatable bonds is 3. The highest BCUT2D eigenvalue weighted by atomic mass is 16.4. The van der Waals surface area contributed by atoms with Crippen LogP contribution < -0.4 is 5.32 Å². The fourth-order valence-electron chi connectivity index (χ4n) is 1.88. The Balaban J connectivity index is 1.88. The molecule has 8 nitrogen and oxygen atoms in total. The Morgan fingerprint density at radius 2 is 1.95 bits per heavy atom. The summed E-state index contributed by atoms with van der Waals surface area (Å²) in [6.45, 7) is 6.08. The van der Waals surface area contributed by atoms with Crippen LogP contribution in [0.5, 0.6) is 0 Å². The number of aromatic nitrogens is 3. The van der Waals surface area contributed by atoms with E-state index in [9.17, 15) is 9.59 Å². The fourth-order valence-corrected chi connectivity index (χ4v) is 1.88. The Morgan fingerprint density at radius 1 is 1.30 bits per heavy atom. The second-order valence-electron chi connectivity index (χ2n) is 5.03. The smallest absolute Gasteiger partial charge is 0.324 e. The van der Waals surface area contributed by atoms with E-state index in [0.717, 1.165) is 0 Å². The van der Waals surface area contributed by atoms with Crippen LogP contribution in [0.25, 0.3) is 0 Å². The van der Waals surface area contributed by atoms with Crippen LogP contribution in [0.4, 0.5) is 10.7 Å². The third kappa shape index (κ3) is 2.84. The molecule has 2 rings (SSSR count). The highest BCUT2D eigenvalue weighted by Crippen LogP contribution is 2.24. The van der Waals surface area contributed by atoms with Gasteiger partial charge in [0.15, 0.2) is 0 Å². The number of urea groups is 1. The van der Waals surface area contributed by atoms with Crippen LogP contribution in [0.3, 0.4) is 0 Å². The van der Waals surface area contributed by atoms with Gasteiger partial charge in [0.25, 0.3) is 5.95 Å². The summed E-state index contributed by atoms with van der Waals surface area (Å²) >= 11 is 0. The van der Waals surface area contributed by atoms with Crippen molar-refractivity contribution in [2.75, 3.05) is 18.4 Å². The van der Waals surface area contributed by atoms with Crippen LogP contribution in [0, 0.1) is 25.7 Å². The van der Waals surface area contributed by atoms with E-state index >= 15 is 0 Å². The summed E-state index contributed by atoms with van der Waals surface area (Å²) in [6.07, 6.45) is 0. The Hall–Kier alpha value is -2.25. The molecule has 108 valence electrons. The van der Waals surface area contributed by atoms with Crippen molar-refractivity contribution in [3.63, 3.8) is 0 Å². The summed E-state index contributed by atoms with van der Waals surface area (Å²) in [5.41, 5.74) is 1.42. The van der Waals surface area contributed by atoms with Gasteiger partial charge in [-0.3, -0.25) is 10.1 Å². The number of nitrogens with zero attached hydrogens (tertiary/aromatic N) is 4. The molecule has 1 saturated heterocycles. The summed E-state index contributed by atoms with van der Waals surface area (Å²) in [6, 6.07) is -0.330. The van der Waals surface area contributed by atoms with Crippen molar-refractivity contribution < 1.29 is 14.7 Å². The maximum atomic E-state index is 11.9. The maximum absolute atomic E-state index is 11.9. The Bertz CT molecular complexity index is 542. The van der Waals surface area contributed by atoms with E-state index in [0.29, 0.717) is 24.5 Å². The van der Waals surface area contributed by atoms with Gasteiger partial charge >= 0.3 is 12.0 Å². The molecule has 8 heteroatoms. The van der Waals surface area contributed by atoms with Crippen molar-refractivity contribution >= 4 is 17.9 Å². The average Bonchev–Trinajstić information content (AvgIpc) is 2.31. The van der Waals surface area contributed by atoms with E-state index in [4.69, 9.17) is 5.11 Å². The minimum atomic E-state index is -0.836. The molecule has 0 bridgehead atoms. The lowest BCUT2D eigenvalue weighted by molar-refractivity contribution is -0.144. The molecule has 0 saturated carbocycles. The van der Waals surface area contributed by atoms with Crippen LogP contribution >= 0.6 is 0 Å². The first kappa shape index (κ1) is 14.2. The molecular formula is C12H17N5O3. The van der Waals surface area contributed by atoms with Crippen LogP contribution in [0.2, 0.25) is 0 Å². The number of carboxylic acids is 1. The standard InChI is InChI=1S/C12H17N5O3/c1-6(10(18)19)9-4-17(5-9)12(20)14-11-13-7(2)8(3)15-16-11/h6,9H,4-5H2,1-3H3,(H,18,19)(H,13,14,16,20). The predicted molar refractivity (Wildman–Crippen MR) is 70.2 cm³/mol. The van der Waals surface area contributed by atoms with Crippen LogP contribution in [0.15, 0.2) is 0 Å². The van der Waals surface area contributed by atoms with Crippen molar-refractivity contribution in [2.45, 2.75) is 20.8 Å². The van der Waals surface area contributed by atoms with E-state index in [1.807, 2.05) is 0 Å². The van der Waals surface area contributed by atoms with E-state index in [1.165, 1.54) is 4.90 Å². The monoisotopic (exact) mass is 279 g/mol. The number of hydrogen-bond acceptors (Lipinski definition) is 5. The van der Waals surface area contributed by atoms with Crippen molar-refractivity contribution in [1.82, 2.24) is 20.1 Å². The molecule has 0 radical (unpaired) electrons. The fraction of sp³-hybridized carbons (Fsp3) is 0.583. The molecule has 1 aliphatic rings. The van der Waals surface area contributed by atoms with Crippen LogP contribution in [0.1, 0.15) is 18.3 Å². The molecule has 1 aromatic rings. The van der Waals surface area contributed by atoms with Gasteiger partial charge in [0.1, 0.15) is 0 Å². The minimum absolute atomic E-state index is 0.00273. The summed E-state index contributed by atoms with van der Waals surface area (Å²) in [5.74, 6) is -1.12. The zero-order chi connectivity index (χ0) is 14.9. The Kier molecular flexibility index (Phi) is 3.82. The molecule has 2 heterocycles. The number of carboxylic acid groups (broad SMARTS) is 1. The lowest BCUT2D eigenvalue weighted by Gasteiger charge is -2.40. The topological polar surface area (TPSA) is 108 Å². The van der Waals surface area contributed by atoms with Gasteiger partial charge in [-0.1, -0.05) is 6.92 Å². The normalized spacial score (nSPS) is 16.4. The second kappa shape index (κ2) is 5.40. The molecule has 0 aliphatic carbocycles. The molecule has 1 aromatic heterocycles. The molecule has 1 aliphatic heterocycles. The molecule has 0 aromatic carbocycles. The summed E-state index contributed by atoms with van der Waals surface area (Å²) < 4.78 is 0. The molecular weight excluding hydrogens is 262 g/mol. The molecule has 1 unspecified atom stereocenters. The Labute approximate surface area is 116 Å². The first-order valence-corrected chi connectivity index (χ1v) is 6.35. The molecule has 2 amide bonds. The number of anilines is 1. The highest BCUT2D eigenvalue weighted by molar-refractivity contribution is 5.88. The SMILES string of the molecule is Cc1nnc(NC(=O)N2CC(C(C)C(=O)O)C2)nc1C. The van der Waals surface area contributed by atoms with Crippen molar-refractivity contribution in [1.29, 1.82) is 0 Å². The Morgan fingerprint density at radius 3 is 2.50 bits per heavy atom. The van der Waals surface area contributed by atoms with Crippen molar-refractivity contribution in [2.24, 2.45) is 11.8 Å². The van der Waals surface area contributed by atoms with Gasteiger partial charge in [-0.05, 0) is 13.8 Å². The number of amides is 2. The third-order valence-electron chi connectivity index (χ3n) is 3.60. The molecule has 1 atom stereocenters. The van der Waals surface area contributed by atoms with Crippen LogP contribution in [-0.2, 0) is 4.79 Å². The summed E-state index contributed by atoms with van der Waals surface area (Å²) in [4.78, 5) is 28.4. The number of aryl methyl sites for hydroxylation is 2. The third-order valence-corrected chi connectivity index (χ3v) is 3.60. The lowest BCUT2D eigenvalue weighted by atomic mass is 9.87. The first-order valence-electron chi connectivity index (χ1n) is 6.35. The quantitative estimate of drug-likeness (QED) is 0.842. The maximum Gasteiger partial charge on any atom is 0.324 e. The van der Waals surface area contributed by atoms with Gasteiger partial charge in [0.05, 0.1) is 17.3 Å². The molecule has 20 heavy (non-hydrogen) atoms. The van der Waals surface area contributed by atoms with Gasteiger partial charge in [0, 0.05) is 19.0 Å². The van der Waals surface area contributed by atoms with Gasteiger partial charge < -0.3 is 10.0 Å². The van der Waals surface area contributed by atoms with E-state index in [2.05, 4.69) is 20.5 Å². The van der Waals surface area contributed by atoms with Gasteiger partial charge in [0.2, 0.25) is 0 Å². The van der Waals surface area contributed by atoms with Gasteiger partial charge in [-0.15, -0.1) is 5.10 Å². The molecule has 2 N–H and O–H groups in total. The zero-order valence-electron chi connectivity index (χ0n) is 11.6. The summed E-state index contributed by atoms with van der Waals surface area (Å²) in [7, 11) is 0. The molecule has 1 fully saturated rings. The number of aliphatic carboxylic acids is 1. The number of hydrogen-bond donors (Lipinski definition) is 2. The number of nitrogens with one attached hydrogen (secondary N) is 1. The predicted octanol–water partition coefficient (Wildman–Crippen LogP) is 0.673. The molecule has 0 spiro atoms. The van der Waals surface area contributed by atoms with Crippen molar-refractivity contribution in [3.8, 4) is 0 Å². The lowest BCUT2D eigenvalue weighted by Crippen LogP contribution is -2.54. The average molecular weight is 279 g/mol. The number of carbonyl (C=O) groups excluding carboxylic acids is 1. The zero-order valence-corrected chi connectivity index (χ0v) is 11.6. The first-order chi connectivity index (χ1) is 9.38.